The number of nitrogens with zero attached hydrogens (tertiary/aromatic N) is 1. The second-order valence-electron chi connectivity index (χ2n) is 4.45. The van der Waals surface area contributed by atoms with Crippen LogP contribution in [0.4, 0.5) is 11.4 Å². The standard InChI is InChI=1S/C17H13ClN2O/c18-13-3-7-16(8-4-13)21-17-9-5-14(6-10-17)20-15-2-1-11-19-12-15/h1-12,20H. The van der Waals surface area contributed by atoms with E-state index in [-0.39, 0.29) is 0 Å². The monoisotopic (exact) mass is 296 g/mol. The van der Waals surface area contributed by atoms with Gasteiger partial charge in [0.2, 0.25) is 0 Å². The largest absolute Gasteiger partial charge is 0.457 e. The van der Waals surface area contributed by atoms with Crippen molar-refractivity contribution in [2.75, 3.05) is 5.32 Å². The summed E-state index contributed by atoms with van der Waals surface area (Å²) in [5.74, 6) is 1.53. The molecule has 3 nitrogen and oxygen atoms in total. The van der Waals surface area contributed by atoms with Crippen LogP contribution < -0.4 is 10.1 Å². The van der Waals surface area contributed by atoms with Crippen molar-refractivity contribution in [3.05, 3.63) is 78.1 Å². The second kappa shape index (κ2) is 6.29. The molecule has 0 aliphatic heterocycles. The zero-order chi connectivity index (χ0) is 14.5. The molecule has 0 saturated heterocycles. The highest BCUT2D eigenvalue weighted by atomic mass is 35.5. The van der Waals surface area contributed by atoms with Gasteiger partial charge in [-0.3, -0.25) is 4.98 Å². The molecule has 2 aromatic carbocycles. The smallest absolute Gasteiger partial charge is 0.127 e. The van der Waals surface area contributed by atoms with Crippen LogP contribution in [-0.2, 0) is 0 Å². The molecule has 0 aliphatic carbocycles. The highest BCUT2D eigenvalue weighted by Crippen LogP contribution is 2.25. The van der Waals surface area contributed by atoms with Gasteiger partial charge >= 0.3 is 0 Å². The quantitative estimate of drug-likeness (QED) is 0.712. The average molecular weight is 297 g/mol. The van der Waals surface area contributed by atoms with Crippen LogP contribution in [0.1, 0.15) is 0 Å². The fourth-order valence-corrected chi connectivity index (χ4v) is 1.97. The molecule has 21 heavy (non-hydrogen) atoms. The van der Waals surface area contributed by atoms with Crippen LogP contribution in [0.15, 0.2) is 73.1 Å². The summed E-state index contributed by atoms with van der Waals surface area (Å²) in [5.41, 5.74) is 1.93. The zero-order valence-corrected chi connectivity index (χ0v) is 11.9. The number of anilines is 2. The number of hydrogen-bond acceptors (Lipinski definition) is 3. The summed E-state index contributed by atoms with van der Waals surface area (Å²) in [6.45, 7) is 0. The lowest BCUT2D eigenvalue weighted by atomic mass is 10.3. The molecule has 3 rings (SSSR count). The summed E-state index contributed by atoms with van der Waals surface area (Å²) in [7, 11) is 0. The van der Waals surface area contributed by atoms with E-state index in [1.807, 2.05) is 48.5 Å². The number of aromatic nitrogens is 1. The number of rotatable bonds is 4. The molecule has 0 bridgehead atoms. The molecule has 0 radical (unpaired) electrons. The number of pyridine rings is 1. The van der Waals surface area contributed by atoms with Gasteiger partial charge < -0.3 is 10.1 Å². The van der Waals surface area contributed by atoms with Crippen molar-refractivity contribution >= 4 is 23.0 Å². The maximum absolute atomic E-state index is 5.84. The zero-order valence-electron chi connectivity index (χ0n) is 11.2. The Kier molecular flexibility index (Phi) is 4.03. The Hall–Kier alpha value is -2.52. The van der Waals surface area contributed by atoms with Gasteiger partial charge in [-0.05, 0) is 60.7 Å². The molecule has 4 heteroatoms. The predicted octanol–water partition coefficient (Wildman–Crippen LogP) is 5.27. The fourth-order valence-electron chi connectivity index (χ4n) is 1.85. The summed E-state index contributed by atoms with van der Waals surface area (Å²) >= 11 is 5.84. The Balaban J connectivity index is 1.68. The van der Waals surface area contributed by atoms with Gasteiger partial charge in [-0.25, -0.2) is 0 Å². The predicted molar refractivity (Wildman–Crippen MR) is 85.5 cm³/mol. The molecule has 0 saturated carbocycles. The molecule has 1 aromatic heterocycles. The van der Waals surface area contributed by atoms with Crippen LogP contribution in [-0.4, -0.2) is 4.98 Å². The van der Waals surface area contributed by atoms with Crippen molar-refractivity contribution in [1.82, 2.24) is 4.98 Å². The molecular weight excluding hydrogens is 284 g/mol. The Morgan fingerprint density at radius 1 is 0.810 bits per heavy atom. The first kappa shape index (κ1) is 13.5. The lowest BCUT2D eigenvalue weighted by molar-refractivity contribution is 0.483. The van der Waals surface area contributed by atoms with E-state index in [1.165, 1.54) is 0 Å². The van der Waals surface area contributed by atoms with E-state index in [1.54, 1.807) is 24.5 Å². The first-order chi connectivity index (χ1) is 10.3. The minimum atomic E-state index is 0.693. The molecule has 0 amide bonds. The topological polar surface area (TPSA) is 34.1 Å². The van der Waals surface area contributed by atoms with Crippen molar-refractivity contribution in [3.63, 3.8) is 0 Å². The van der Waals surface area contributed by atoms with Crippen LogP contribution in [0.25, 0.3) is 0 Å². The van der Waals surface area contributed by atoms with Crippen LogP contribution >= 0.6 is 11.6 Å². The van der Waals surface area contributed by atoms with Crippen molar-refractivity contribution < 1.29 is 4.74 Å². The van der Waals surface area contributed by atoms with Gasteiger partial charge in [0, 0.05) is 16.9 Å². The van der Waals surface area contributed by atoms with Gasteiger partial charge in [0.1, 0.15) is 11.5 Å². The lowest BCUT2D eigenvalue weighted by Crippen LogP contribution is -1.90. The van der Waals surface area contributed by atoms with E-state index in [2.05, 4.69) is 10.3 Å². The van der Waals surface area contributed by atoms with Gasteiger partial charge in [0.05, 0.1) is 11.9 Å². The van der Waals surface area contributed by atoms with Gasteiger partial charge in [0.25, 0.3) is 0 Å². The molecule has 0 unspecified atom stereocenters. The molecule has 0 spiro atoms. The van der Waals surface area contributed by atoms with Crippen LogP contribution in [0.2, 0.25) is 5.02 Å². The van der Waals surface area contributed by atoms with Crippen molar-refractivity contribution in [2.24, 2.45) is 0 Å². The van der Waals surface area contributed by atoms with Crippen molar-refractivity contribution in [1.29, 1.82) is 0 Å². The van der Waals surface area contributed by atoms with E-state index >= 15 is 0 Å². The number of nitrogens with one attached hydrogen (secondary N) is 1. The van der Waals surface area contributed by atoms with Gasteiger partial charge in [-0.15, -0.1) is 0 Å². The number of ether oxygens (including phenoxy) is 1. The van der Waals surface area contributed by atoms with E-state index in [0.29, 0.717) is 5.02 Å². The van der Waals surface area contributed by atoms with Gasteiger partial charge in [0.15, 0.2) is 0 Å². The Labute approximate surface area is 128 Å². The van der Waals surface area contributed by atoms with E-state index < -0.39 is 0 Å². The molecular formula is C17H13ClN2O. The summed E-state index contributed by atoms with van der Waals surface area (Å²) in [6, 6.07) is 18.9. The summed E-state index contributed by atoms with van der Waals surface area (Å²) in [5, 5.41) is 3.96. The minimum absolute atomic E-state index is 0.693. The summed E-state index contributed by atoms with van der Waals surface area (Å²) in [4.78, 5) is 4.06. The van der Waals surface area contributed by atoms with E-state index in [0.717, 1.165) is 22.9 Å². The molecule has 1 N–H and O–H groups in total. The Morgan fingerprint density at radius 3 is 2.10 bits per heavy atom. The second-order valence-corrected chi connectivity index (χ2v) is 4.88. The van der Waals surface area contributed by atoms with Crippen molar-refractivity contribution in [3.8, 4) is 11.5 Å². The highest BCUT2D eigenvalue weighted by molar-refractivity contribution is 6.30. The maximum atomic E-state index is 5.84. The van der Waals surface area contributed by atoms with E-state index in [4.69, 9.17) is 16.3 Å². The van der Waals surface area contributed by atoms with Gasteiger partial charge in [-0.2, -0.15) is 0 Å². The third-order valence-corrected chi connectivity index (χ3v) is 3.11. The lowest BCUT2D eigenvalue weighted by Gasteiger charge is -2.08. The number of hydrogen-bond donors (Lipinski definition) is 1. The maximum Gasteiger partial charge on any atom is 0.127 e. The number of benzene rings is 2. The van der Waals surface area contributed by atoms with Crippen LogP contribution in [0.5, 0.6) is 11.5 Å². The van der Waals surface area contributed by atoms with E-state index in [9.17, 15) is 0 Å². The Morgan fingerprint density at radius 2 is 1.48 bits per heavy atom. The summed E-state index contributed by atoms with van der Waals surface area (Å²) in [6.07, 6.45) is 3.52. The van der Waals surface area contributed by atoms with Gasteiger partial charge in [-0.1, -0.05) is 11.6 Å². The highest BCUT2D eigenvalue weighted by Gasteiger charge is 1.99. The third-order valence-electron chi connectivity index (χ3n) is 2.85. The molecule has 0 atom stereocenters. The Bertz CT molecular complexity index is 697. The molecule has 3 aromatic rings. The molecule has 1 heterocycles. The first-order valence-corrected chi connectivity index (χ1v) is 6.88. The molecule has 0 fully saturated rings. The molecule has 104 valence electrons. The van der Waals surface area contributed by atoms with Crippen molar-refractivity contribution in [2.45, 2.75) is 0 Å². The first-order valence-electron chi connectivity index (χ1n) is 6.50. The minimum Gasteiger partial charge on any atom is -0.457 e. The fraction of sp³-hybridized carbons (Fsp3) is 0. The van der Waals surface area contributed by atoms with Crippen LogP contribution in [0.3, 0.4) is 0 Å². The average Bonchev–Trinajstić information content (AvgIpc) is 2.53. The van der Waals surface area contributed by atoms with Crippen LogP contribution in [0, 0.1) is 0 Å². The normalized spacial score (nSPS) is 10.1. The molecule has 0 aliphatic rings. The third kappa shape index (κ3) is 3.74. The number of halogens is 1. The summed E-state index contributed by atoms with van der Waals surface area (Å²) < 4.78 is 5.74. The SMILES string of the molecule is Clc1ccc(Oc2ccc(Nc3cccnc3)cc2)cc1.